The maximum atomic E-state index is 6.76. The minimum absolute atomic E-state index is 0.235. The Labute approximate surface area is 197 Å². The zero-order chi connectivity index (χ0) is 21.5. The van der Waals surface area contributed by atoms with E-state index in [9.17, 15) is 0 Å². The second kappa shape index (κ2) is 8.05. The van der Waals surface area contributed by atoms with Crippen molar-refractivity contribution in [2.45, 2.75) is 37.6 Å². The molecule has 3 aromatic carbocycles. The summed E-state index contributed by atoms with van der Waals surface area (Å²) >= 11 is 3.55. The number of likely N-dealkylation sites (tertiary alicyclic amines) is 1. The Hall–Kier alpha value is -2.63. The molecule has 1 atom stereocenters. The molecule has 3 aromatic rings. The van der Waals surface area contributed by atoms with E-state index in [-0.39, 0.29) is 11.8 Å². The number of benzene rings is 3. The minimum atomic E-state index is -0.372. The van der Waals surface area contributed by atoms with Gasteiger partial charge < -0.3 is 4.74 Å². The van der Waals surface area contributed by atoms with E-state index in [1.807, 2.05) is 0 Å². The highest BCUT2D eigenvalue weighted by Crippen LogP contribution is 2.50. The summed E-state index contributed by atoms with van der Waals surface area (Å²) in [4.78, 5) is 2.54. The number of ether oxygens (including phenoxy) is 1. The zero-order valence-corrected chi connectivity index (χ0v) is 19.5. The van der Waals surface area contributed by atoms with E-state index in [1.54, 1.807) is 0 Å². The van der Waals surface area contributed by atoms with Gasteiger partial charge in [-0.2, -0.15) is 5.10 Å². The fraction of sp³-hybridized carbons (Fsp3) is 0.296. The van der Waals surface area contributed by atoms with Gasteiger partial charge in [-0.1, -0.05) is 76.6 Å². The van der Waals surface area contributed by atoms with E-state index in [0.29, 0.717) is 0 Å². The van der Waals surface area contributed by atoms with Crippen LogP contribution in [0.2, 0.25) is 0 Å². The van der Waals surface area contributed by atoms with Crippen LogP contribution < -0.4 is 4.74 Å². The molecule has 0 saturated carbocycles. The Morgan fingerprint density at radius 3 is 2.41 bits per heavy atom. The first-order valence-electron chi connectivity index (χ1n) is 11.4. The fourth-order valence-electron chi connectivity index (χ4n) is 5.28. The van der Waals surface area contributed by atoms with Crippen LogP contribution in [0.5, 0.6) is 5.75 Å². The van der Waals surface area contributed by atoms with Crippen molar-refractivity contribution < 1.29 is 4.74 Å². The largest absolute Gasteiger partial charge is 0.466 e. The maximum Gasteiger partial charge on any atom is 0.200 e. The van der Waals surface area contributed by atoms with Gasteiger partial charge in [0.15, 0.2) is 0 Å². The van der Waals surface area contributed by atoms with Crippen molar-refractivity contribution in [3.63, 3.8) is 0 Å². The van der Waals surface area contributed by atoms with Crippen LogP contribution in [0.1, 0.15) is 42.0 Å². The highest BCUT2D eigenvalue weighted by atomic mass is 79.9. The Kier molecular flexibility index (Phi) is 5.04. The Bertz CT molecular complexity index is 1140. The summed E-state index contributed by atoms with van der Waals surface area (Å²) < 4.78 is 7.85. The van der Waals surface area contributed by atoms with Gasteiger partial charge in [0.1, 0.15) is 5.75 Å². The number of hydrogen-bond acceptors (Lipinski definition) is 4. The summed E-state index contributed by atoms with van der Waals surface area (Å²) in [6, 6.07) is 28.0. The Balaban J connectivity index is 1.29. The lowest BCUT2D eigenvalue weighted by Crippen LogP contribution is -2.59. The maximum absolute atomic E-state index is 6.76. The number of hydrogen-bond donors (Lipinski definition) is 0. The topological polar surface area (TPSA) is 28.1 Å². The molecule has 1 fully saturated rings. The second-order valence-corrected chi connectivity index (χ2v) is 9.88. The monoisotopic (exact) mass is 487 g/mol. The summed E-state index contributed by atoms with van der Waals surface area (Å²) in [5.41, 5.74) is 4.59. The fourth-order valence-corrected chi connectivity index (χ4v) is 5.54. The Morgan fingerprint density at radius 1 is 0.906 bits per heavy atom. The predicted octanol–water partition coefficient (Wildman–Crippen LogP) is 5.98. The van der Waals surface area contributed by atoms with Gasteiger partial charge in [0, 0.05) is 48.9 Å². The third-order valence-corrected chi connectivity index (χ3v) is 7.50. The first-order valence-corrected chi connectivity index (χ1v) is 12.2. The lowest BCUT2D eigenvalue weighted by atomic mass is 9.90. The molecule has 0 unspecified atom stereocenters. The highest BCUT2D eigenvalue weighted by molar-refractivity contribution is 9.10. The average Bonchev–Trinajstić information content (AvgIpc) is 3.29. The average molecular weight is 488 g/mol. The van der Waals surface area contributed by atoms with Gasteiger partial charge in [-0.3, -0.25) is 4.90 Å². The van der Waals surface area contributed by atoms with Crippen molar-refractivity contribution in [2.75, 3.05) is 13.1 Å². The molecule has 4 nitrogen and oxygen atoms in total. The van der Waals surface area contributed by atoms with Crippen LogP contribution in [0, 0.1) is 0 Å². The van der Waals surface area contributed by atoms with Gasteiger partial charge in [0.05, 0.1) is 11.8 Å². The van der Waals surface area contributed by atoms with Gasteiger partial charge in [-0.15, -0.1) is 0 Å². The summed E-state index contributed by atoms with van der Waals surface area (Å²) in [5, 5.41) is 7.48. The zero-order valence-electron chi connectivity index (χ0n) is 18.0. The van der Waals surface area contributed by atoms with E-state index in [4.69, 9.17) is 9.84 Å². The van der Waals surface area contributed by atoms with Gasteiger partial charge in [0.25, 0.3) is 0 Å². The van der Waals surface area contributed by atoms with Crippen LogP contribution in [0.4, 0.5) is 0 Å². The number of fused-ring (bicyclic) bond motifs is 4. The third kappa shape index (κ3) is 3.54. The van der Waals surface area contributed by atoms with Crippen molar-refractivity contribution in [1.82, 2.24) is 9.91 Å². The smallest absolute Gasteiger partial charge is 0.200 e. The van der Waals surface area contributed by atoms with Crippen LogP contribution in [0.3, 0.4) is 0 Å². The summed E-state index contributed by atoms with van der Waals surface area (Å²) in [6.07, 6.45) is 2.81. The SMILES string of the molecule is Brc1ccc(C2=NN3[C@@H](C2)c2ccccc2OC32CCN(Cc3ccccc3)CC2)cc1. The number of piperidine rings is 1. The van der Waals surface area contributed by atoms with Crippen molar-refractivity contribution in [2.24, 2.45) is 5.10 Å². The molecule has 1 spiro atoms. The molecule has 162 valence electrons. The van der Waals surface area contributed by atoms with Crippen LogP contribution in [0.25, 0.3) is 0 Å². The standard InChI is InChI=1S/C27H26BrN3O/c28-22-12-10-21(11-13-22)24-18-25-23-8-4-5-9-26(23)32-27(31(25)29-24)14-16-30(17-15-27)19-20-6-2-1-3-7-20/h1-13,25H,14-19H2/t25-/m0/s1. The highest BCUT2D eigenvalue weighted by Gasteiger charge is 2.51. The molecule has 6 rings (SSSR count). The first-order chi connectivity index (χ1) is 15.7. The van der Waals surface area contributed by atoms with Crippen LogP contribution in [-0.2, 0) is 6.54 Å². The van der Waals surface area contributed by atoms with Gasteiger partial charge in [-0.05, 0) is 29.3 Å². The molecule has 3 heterocycles. The summed E-state index contributed by atoms with van der Waals surface area (Å²) in [6.45, 7) is 3.00. The molecule has 32 heavy (non-hydrogen) atoms. The molecule has 0 N–H and O–H groups in total. The van der Waals surface area contributed by atoms with Crippen LogP contribution >= 0.6 is 15.9 Å². The molecule has 0 aromatic heterocycles. The molecule has 3 aliphatic heterocycles. The number of nitrogens with zero attached hydrogens (tertiary/aromatic N) is 3. The normalized spacial score (nSPS) is 21.6. The lowest BCUT2D eigenvalue weighted by molar-refractivity contribution is -0.150. The quantitative estimate of drug-likeness (QED) is 0.454. The molecule has 0 bridgehead atoms. The van der Waals surface area contributed by atoms with Crippen molar-refractivity contribution >= 4 is 21.6 Å². The van der Waals surface area contributed by atoms with Crippen molar-refractivity contribution in [1.29, 1.82) is 0 Å². The Morgan fingerprint density at radius 2 is 1.62 bits per heavy atom. The van der Waals surface area contributed by atoms with Gasteiger partial charge >= 0.3 is 0 Å². The summed E-state index contributed by atoms with van der Waals surface area (Å²) in [5.74, 6) is 1.03. The molecule has 5 heteroatoms. The number of hydrazone groups is 1. The number of rotatable bonds is 3. The third-order valence-electron chi connectivity index (χ3n) is 6.97. The number of para-hydroxylation sites is 1. The van der Waals surface area contributed by atoms with Crippen molar-refractivity contribution in [3.8, 4) is 5.75 Å². The van der Waals surface area contributed by atoms with E-state index >= 15 is 0 Å². The predicted molar refractivity (Wildman–Crippen MR) is 131 cm³/mol. The molecule has 0 amide bonds. The minimum Gasteiger partial charge on any atom is -0.466 e. The molecular formula is C27H26BrN3O. The molecule has 0 aliphatic carbocycles. The molecule has 0 radical (unpaired) electrons. The second-order valence-electron chi connectivity index (χ2n) is 8.97. The van der Waals surface area contributed by atoms with E-state index in [2.05, 4.69) is 105 Å². The van der Waals surface area contributed by atoms with Crippen LogP contribution in [-0.4, -0.2) is 34.4 Å². The van der Waals surface area contributed by atoms with Gasteiger partial charge in [-0.25, -0.2) is 5.01 Å². The molecular weight excluding hydrogens is 462 g/mol. The van der Waals surface area contributed by atoms with E-state index in [1.165, 1.54) is 16.7 Å². The van der Waals surface area contributed by atoms with Gasteiger partial charge in [0.2, 0.25) is 5.72 Å². The van der Waals surface area contributed by atoms with E-state index in [0.717, 1.165) is 54.8 Å². The molecule has 1 saturated heterocycles. The van der Waals surface area contributed by atoms with E-state index < -0.39 is 0 Å². The molecule has 3 aliphatic rings. The van der Waals surface area contributed by atoms with Crippen molar-refractivity contribution in [3.05, 3.63) is 100 Å². The first kappa shape index (κ1) is 20.0. The summed E-state index contributed by atoms with van der Waals surface area (Å²) in [7, 11) is 0. The number of halogens is 1. The lowest BCUT2D eigenvalue weighted by Gasteiger charge is -2.51. The van der Waals surface area contributed by atoms with Crippen LogP contribution in [0.15, 0.2) is 88.4 Å².